The van der Waals surface area contributed by atoms with E-state index < -0.39 is 0 Å². The maximum atomic E-state index is 5.80. The SMILES string of the molecule is C[C@H](N)c1ccc(OCc2ccc(I)cc2)cc1. The summed E-state index contributed by atoms with van der Waals surface area (Å²) in [5.41, 5.74) is 8.10. The zero-order valence-electron chi connectivity index (χ0n) is 10.3. The van der Waals surface area contributed by atoms with Crippen LogP contribution in [0.15, 0.2) is 48.5 Å². The Bertz CT molecular complexity index is 491. The van der Waals surface area contributed by atoms with E-state index in [2.05, 4.69) is 46.9 Å². The molecule has 0 bridgehead atoms. The van der Waals surface area contributed by atoms with Gasteiger partial charge in [0.2, 0.25) is 0 Å². The Labute approximate surface area is 121 Å². The Morgan fingerprint density at radius 2 is 1.67 bits per heavy atom. The molecule has 0 radical (unpaired) electrons. The summed E-state index contributed by atoms with van der Waals surface area (Å²) in [6.45, 7) is 2.57. The van der Waals surface area contributed by atoms with Crippen LogP contribution in [0.3, 0.4) is 0 Å². The molecule has 0 heterocycles. The first kappa shape index (κ1) is 13.4. The van der Waals surface area contributed by atoms with E-state index in [9.17, 15) is 0 Å². The van der Waals surface area contributed by atoms with E-state index in [4.69, 9.17) is 10.5 Å². The van der Waals surface area contributed by atoms with Gasteiger partial charge in [-0.25, -0.2) is 0 Å². The first-order valence-electron chi connectivity index (χ1n) is 5.88. The van der Waals surface area contributed by atoms with Crippen LogP contribution in [0.4, 0.5) is 0 Å². The third-order valence-electron chi connectivity index (χ3n) is 2.72. The summed E-state index contributed by atoms with van der Waals surface area (Å²) in [4.78, 5) is 0. The maximum Gasteiger partial charge on any atom is 0.119 e. The molecule has 2 N–H and O–H groups in total. The Kier molecular flexibility index (Phi) is 4.60. The summed E-state index contributed by atoms with van der Waals surface area (Å²) in [5.74, 6) is 0.873. The number of hydrogen-bond acceptors (Lipinski definition) is 2. The largest absolute Gasteiger partial charge is 0.489 e. The lowest BCUT2D eigenvalue weighted by Gasteiger charge is -2.09. The normalized spacial score (nSPS) is 12.2. The molecule has 2 nitrogen and oxygen atoms in total. The van der Waals surface area contributed by atoms with Crippen LogP contribution in [0.1, 0.15) is 24.1 Å². The third kappa shape index (κ3) is 3.71. The van der Waals surface area contributed by atoms with Crippen molar-refractivity contribution >= 4 is 22.6 Å². The predicted molar refractivity (Wildman–Crippen MR) is 82.5 cm³/mol. The van der Waals surface area contributed by atoms with Gasteiger partial charge in [0.15, 0.2) is 0 Å². The van der Waals surface area contributed by atoms with Crippen LogP contribution in [0.25, 0.3) is 0 Å². The van der Waals surface area contributed by atoms with Crippen molar-refractivity contribution in [2.45, 2.75) is 19.6 Å². The molecule has 2 aromatic carbocycles. The van der Waals surface area contributed by atoms with Gasteiger partial charge in [0.05, 0.1) is 0 Å². The molecule has 2 aromatic rings. The average molecular weight is 353 g/mol. The molecule has 0 fully saturated rings. The zero-order chi connectivity index (χ0) is 13.0. The average Bonchev–Trinajstić information content (AvgIpc) is 2.38. The summed E-state index contributed by atoms with van der Waals surface area (Å²) in [7, 11) is 0. The number of ether oxygens (including phenoxy) is 1. The maximum absolute atomic E-state index is 5.80. The van der Waals surface area contributed by atoms with Crippen LogP contribution in [-0.4, -0.2) is 0 Å². The van der Waals surface area contributed by atoms with Gasteiger partial charge in [-0.3, -0.25) is 0 Å². The van der Waals surface area contributed by atoms with Crippen LogP contribution in [0.5, 0.6) is 5.75 Å². The summed E-state index contributed by atoms with van der Waals surface area (Å²) in [6.07, 6.45) is 0. The lowest BCUT2D eigenvalue weighted by atomic mass is 10.1. The Hall–Kier alpha value is -1.07. The van der Waals surface area contributed by atoms with E-state index in [1.165, 1.54) is 9.13 Å². The van der Waals surface area contributed by atoms with Crippen LogP contribution >= 0.6 is 22.6 Å². The molecule has 0 amide bonds. The molecule has 0 saturated heterocycles. The van der Waals surface area contributed by atoms with Gasteiger partial charge in [0, 0.05) is 9.61 Å². The minimum Gasteiger partial charge on any atom is -0.489 e. The third-order valence-corrected chi connectivity index (χ3v) is 3.44. The van der Waals surface area contributed by atoms with Crippen molar-refractivity contribution in [1.82, 2.24) is 0 Å². The first-order valence-corrected chi connectivity index (χ1v) is 6.96. The molecule has 0 spiro atoms. The van der Waals surface area contributed by atoms with Gasteiger partial charge in [-0.1, -0.05) is 24.3 Å². The van der Waals surface area contributed by atoms with Crippen LogP contribution < -0.4 is 10.5 Å². The molecule has 0 saturated carbocycles. The van der Waals surface area contributed by atoms with Gasteiger partial charge in [0.1, 0.15) is 12.4 Å². The quantitative estimate of drug-likeness (QED) is 0.847. The molecule has 0 aliphatic rings. The van der Waals surface area contributed by atoms with Gasteiger partial charge in [-0.05, 0) is 64.9 Å². The number of halogens is 1. The fourth-order valence-corrected chi connectivity index (χ4v) is 1.97. The summed E-state index contributed by atoms with van der Waals surface area (Å²) in [6, 6.07) is 16.3. The van der Waals surface area contributed by atoms with Gasteiger partial charge in [0.25, 0.3) is 0 Å². The number of rotatable bonds is 4. The topological polar surface area (TPSA) is 35.2 Å². The predicted octanol–water partition coefficient (Wildman–Crippen LogP) is 3.89. The van der Waals surface area contributed by atoms with E-state index in [-0.39, 0.29) is 6.04 Å². The molecule has 3 heteroatoms. The van der Waals surface area contributed by atoms with Crippen LogP contribution in [0.2, 0.25) is 0 Å². The molecule has 0 unspecified atom stereocenters. The van der Waals surface area contributed by atoms with Crippen molar-refractivity contribution in [3.63, 3.8) is 0 Å². The highest BCUT2D eigenvalue weighted by Crippen LogP contribution is 2.17. The van der Waals surface area contributed by atoms with Crippen molar-refractivity contribution in [1.29, 1.82) is 0 Å². The highest BCUT2D eigenvalue weighted by Gasteiger charge is 2.00. The number of benzene rings is 2. The van der Waals surface area contributed by atoms with Crippen molar-refractivity contribution in [2.75, 3.05) is 0 Å². The Morgan fingerprint density at radius 1 is 1.06 bits per heavy atom. The second kappa shape index (κ2) is 6.20. The van der Waals surface area contributed by atoms with E-state index in [1.807, 2.05) is 31.2 Å². The second-order valence-corrected chi connectivity index (χ2v) is 5.52. The van der Waals surface area contributed by atoms with Gasteiger partial charge >= 0.3 is 0 Å². The van der Waals surface area contributed by atoms with E-state index >= 15 is 0 Å². The molecular formula is C15H16INO. The van der Waals surface area contributed by atoms with Gasteiger partial charge in [-0.15, -0.1) is 0 Å². The fourth-order valence-electron chi connectivity index (χ4n) is 1.61. The molecule has 0 aromatic heterocycles. The standard InChI is InChI=1S/C15H16INO/c1-11(17)13-4-8-15(9-5-13)18-10-12-2-6-14(16)7-3-12/h2-9,11H,10,17H2,1H3/t11-/m0/s1. The Balaban J connectivity index is 1.95. The lowest BCUT2D eigenvalue weighted by Crippen LogP contribution is -2.04. The summed E-state index contributed by atoms with van der Waals surface area (Å²) < 4.78 is 6.96. The van der Waals surface area contributed by atoms with Crippen molar-refractivity contribution < 1.29 is 4.74 Å². The highest BCUT2D eigenvalue weighted by molar-refractivity contribution is 14.1. The molecule has 94 valence electrons. The fraction of sp³-hybridized carbons (Fsp3) is 0.200. The van der Waals surface area contributed by atoms with Gasteiger partial charge < -0.3 is 10.5 Å². The minimum absolute atomic E-state index is 0.0650. The lowest BCUT2D eigenvalue weighted by molar-refractivity contribution is 0.306. The highest BCUT2D eigenvalue weighted by atomic mass is 127. The molecule has 18 heavy (non-hydrogen) atoms. The van der Waals surface area contributed by atoms with Crippen molar-refractivity contribution in [3.8, 4) is 5.75 Å². The first-order chi connectivity index (χ1) is 8.65. The van der Waals surface area contributed by atoms with E-state index in [0.717, 1.165) is 11.3 Å². The number of nitrogens with two attached hydrogens (primary N) is 1. The molecule has 2 rings (SSSR count). The van der Waals surface area contributed by atoms with Crippen molar-refractivity contribution in [2.24, 2.45) is 5.73 Å². The molecular weight excluding hydrogens is 337 g/mol. The van der Waals surface area contributed by atoms with Crippen LogP contribution in [-0.2, 0) is 6.61 Å². The monoisotopic (exact) mass is 353 g/mol. The van der Waals surface area contributed by atoms with Gasteiger partial charge in [-0.2, -0.15) is 0 Å². The molecule has 0 aliphatic heterocycles. The Morgan fingerprint density at radius 3 is 2.22 bits per heavy atom. The van der Waals surface area contributed by atoms with Crippen LogP contribution in [0, 0.1) is 3.57 Å². The molecule has 1 atom stereocenters. The zero-order valence-corrected chi connectivity index (χ0v) is 12.4. The van der Waals surface area contributed by atoms with E-state index in [0.29, 0.717) is 6.61 Å². The smallest absolute Gasteiger partial charge is 0.119 e. The van der Waals surface area contributed by atoms with E-state index in [1.54, 1.807) is 0 Å². The van der Waals surface area contributed by atoms with Crippen molar-refractivity contribution in [3.05, 3.63) is 63.2 Å². The summed E-state index contributed by atoms with van der Waals surface area (Å²) >= 11 is 2.29. The summed E-state index contributed by atoms with van der Waals surface area (Å²) in [5, 5.41) is 0. The minimum atomic E-state index is 0.0650. The second-order valence-electron chi connectivity index (χ2n) is 4.27. The number of hydrogen-bond donors (Lipinski definition) is 1. The molecule has 0 aliphatic carbocycles.